The van der Waals surface area contributed by atoms with Crippen LogP contribution in [-0.4, -0.2) is 54.1 Å². The molecule has 1 aliphatic rings. The number of aromatic amines is 2. The zero-order valence-electron chi connectivity index (χ0n) is 26.9. The Balaban J connectivity index is 0.000000338. The molecule has 3 heterocycles. The molecular weight excluding hydrogens is 559 g/mol. The van der Waals surface area contributed by atoms with Gasteiger partial charge in [0, 0.05) is 67.3 Å². The predicted octanol–water partition coefficient (Wildman–Crippen LogP) is 4.90. The van der Waals surface area contributed by atoms with Crippen molar-refractivity contribution in [2.75, 3.05) is 27.4 Å². The van der Waals surface area contributed by atoms with Gasteiger partial charge in [0.1, 0.15) is 17.4 Å². The number of halogens is 2. The van der Waals surface area contributed by atoms with E-state index in [1.807, 2.05) is 0 Å². The fourth-order valence-electron chi connectivity index (χ4n) is 4.15. The Labute approximate surface area is 272 Å². The maximum atomic E-state index is 13.1. The number of likely N-dealkylation sites (N-methyl/N-ethyl adjacent to an activating group) is 1. The van der Waals surface area contributed by atoms with Gasteiger partial charge in [0.05, 0.1) is 13.5 Å². The van der Waals surface area contributed by atoms with Gasteiger partial charge < -0.3 is 21.6 Å². The first kappa shape index (κ1) is 39.1. The Morgan fingerprint density at radius 3 is 1.82 bits per heavy atom. The predicted molar refractivity (Wildman–Crippen MR) is 169 cm³/mol. The van der Waals surface area contributed by atoms with Crippen LogP contribution in [0.3, 0.4) is 0 Å². The number of unbranched alkanes of at least 4 members (excludes halogenated alkanes) is 2. The van der Waals surface area contributed by atoms with Crippen LogP contribution in [0.15, 0.2) is 48.8 Å². The average Bonchev–Trinajstić information content (AvgIpc) is 3.80. The molecule has 0 spiro atoms. The Bertz CT molecular complexity index is 1390. The molecule has 0 unspecified atom stereocenters. The second-order valence-electron chi connectivity index (χ2n) is 10.3. The minimum atomic E-state index is -0.314. The van der Waals surface area contributed by atoms with Crippen LogP contribution >= 0.6 is 0 Å². The third-order valence-corrected chi connectivity index (χ3v) is 6.80. The number of ether oxygens (including phenoxy) is 1. The molecule has 1 aliphatic heterocycles. The normalized spacial score (nSPS) is 11.8. The van der Waals surface area contributed by atoms with Crippen LogP contribution in [0.2, 0.25) is 0 Å². The first-order valence-corrected chi connectivity index (χ1v) is 14.9. The van der Waals surface area contributed by atoms with Crippen molar-refractivity contribution in [1.29, 1.82) is 0 Å². The summed E-state index contributed by atoms with van der Waals surface area (Å²) in [4.78, 5) is 34.2. The first-order valence-electron chi connectivity index (χ1n) is 14.9. The number of hydroxylamine groups is 2. The van der Waals surface area contributed by atoms with Crippen molar-refractivity contribution in [3.63, 3.8) is 0 Å². The van der Waals surface area contributed by atoms with Crippen molar-refractivity contribution in [2.24, 2.45) is 0 Å². The van der Waals surface area contributed by atoms with E-state index in [1.165, 1.54) is 57.7 Å². The molecule has 0 bridgehead atoms. The van der Waals surface area contributed by atoms with Gasteiger partial charge in [0.2, 0.25) is 5.91 Å². The van der Waals surface area contributed by atoms with Crippen LogP contribution in [0.25, 0.3) is 21.8 Å². The van der Waals surface area contributed by atoms with Crippen molar-refractivity contribution in [2.45, 2.75) is 71.6 Å². The maximum absolute atomic E-state index is 13.1. The molecule has 0 atom stereocenters. The summed E-state index contributed by atoms with van der Waals surface area (Å²) in [5.74, 6) is -0.542. The van der Waals surface area contributed by atoms with Crippen molar-refractivity contribution in [3.8, 4) is 0 Å². The molecule has 7 nitrogen and oxygen atoms in total. The van der Waals surface area contributed by atoms with E-state index >= 15 is 0 Å². The van der Waals surface area contributed by atoms with Gasteiger partial charge in [0.15, 0.2) is 0 Å². The Kier molecular flexibility index (Phi) is 19.3. The zero-order chi connectivity index (χ0) is 31.6. The summed E-state index contributed by atoms with van der Waals surface area (Å²) in [6.45, 7) is 9.79. The third-order valence-electron chi connectivity index (χ3n) is 6.80. The number of rotatable bonds is 9. The van der Waals surface area contributed by atoms with Gasteiger partial charge in [-0.3, -0.25) is 14.4 Å². The van der Waals surface area contributed by atoms with Crippen molar-refractivity contribution in [3.05, 3.63) is 78.5 Å². The van der Waals surface area contributed by atoms with E-state index in [-0.39, 0.29) is 48.6 Å². The third kappa shape index (κ3) is 13.4. The number of amides is 1. The molecule has 2 aromatic heterocycles. The Morgan fingerprint density at radius 1 is 0.909 bits per heavy atom. The van der Waals surface area contributed by atoms with Gasteiger partial charge in [-0.25, -0.2) is 13.8 Å². The molecule has 1 fully saturated rings. The summed E-state index contributed by atoms with van der Waals surface area (Å²) in [6, 6.07) is 9.05. The average molecular weight is 606 g/mol. The number of H-pyrrole nitrogens is 2. The SMILES string of the molecule is C1CCOC1.CCCCC(=O)Cc1c[nH]c2ccc(F)cc12.CON(C)C(=O)Cc1c[nH]c2ccc(F)cc12.[CH2-]CCC.[Li+]. The second kappa shape index (κ2) is 21.7. The number of nitrogens with zero attached hydrogens (tertiary/aromatic N) is 1. The van der Waals surface area contributed by atoms with E-state index in [9.17, 15) is 18.4 Å². The summed E-state index contributed by atoms with van der Waals surface area (Å²) >= 11 is 0. The van der Waals surface area contributed by atoms with E-state index in [0.717, 1.165) is 70.5 Å². The molecule has 5 rings (SSSR count). The smallest absolute Gasteiger partial charge is 0.381 e. The number of Topliss-reactive ketones (excluding diaryl/α,β-unsaturated/α-hetero) is 1. The van der Waals surface area contributed by atoms with Crippen LogP contribution in [-0.2, 0) is 32.0 Å². The number of carbonyl (C=O) groups is 2. The van der Waals surface area contributed by atoms with Crippen LogP contribution in [0.4, 0.5) is 8.78 Å². The number of hydrogen-bond donors (Lipinski definition) is 2. The van der Waals surface area contributed by atoms with E-state index in [0.29, 0.717) is 12.8 Å². The molecule has 2 aromatic carbocycles. The van der Waals surface area contributed by atoms with Crippen molar-refractivity contribution in [1.82, 2.24) is 15.0 Å². The summed E-state index contributed by atoms with van der Waals surface area (Å²) in [7, 11) is 2.96. The van der Waals surface area contributed by atoms with Gasteiger partial charge >= 0.3 is 18.9 Å². The molecule has 0 saturated carbocycles. The van der Waals surface area contributed by atoms with E-state index in [4.69, 9.17) is 9.57 Å². The van der Waals surface area contributed by atoms with Gasteiger partial charge in [0.25, 0.3) is 0 Å². The summed E-state index contributed by atoms with van der Waals surface area (Å²) in [6.07, 6.45) is 11.5. The largest absolute Gasteiger partial charge is 1.00 e. The Morgan fingerprint density at radius 2 is 1.41 bits per heavy atom. The minimum Gasteiger partial charge on any atom is -0.381 e. The number of ketones is 1. The van der Waals surface area contributed by atoms with Gasteiger partial charge in [-0.15, -0.1) is 0 Å². The van der Waals surface area contributed by atoms with Crippen LogP contribution in [0.1, 0.15) is 69.9 Å². The van der Waals surface area contributed by atoms with Gasteiger partial charge in [-0.1, -0.05) is 26.7 Å². The molecule has 1 saturated heterocycles. The number of benzene rings is 2. The maximum Gasteiger partial charge on any atom is 1.00 e. The quantitative estimate of drug-likeness (QED) is 0.162. The van der Waals surface area contributed by atoms with Gasteiger partial charge in [-0.05, 0) is 66.8 Å². The fourth-order valence-corrected chi connectivity index (χ4v) is 4.15. The number of nitrogens with one attached hydrogen (secondary N) is 2. The fraction of sp³-hybridized carbons (Fsp3) is 0.441. The Hall–Kier alpha value is -2.96. The molecule has 1 amide bonds. The molecule has 0 aliphatic carbocycles. The van der Waals surface area contributed by atoms with Crippen LogP contribution < -0.4 is 18.9 Å². The molecule has 236 valence electrons. The molecular formula is C34H46F2LiN3O4. The summed E-state index contributed by atoms with van der Waals surface area (Å²) < 4.78 is 31.2. The van der Waals surface area contributed by atoms with Crippen LogP contribution in [0.5, 0.6) is 0 Å². The van der Waals surface area contributed by atoms with Crippen molar-refractivity contribution < 1.29 is 46.8 Å². The van der Waals surface area contributed by atoms with E-state index < -0.39 is 0 Å². The second-order valence-corrected chi connectivity index (χ2v) is 10.3. The van der Waals surface area contributed by atoms with E-state index in [2.05, 4.69) is 30.7 Å². The zero-order valence-corrected chi connectivity index (χ0v) is 26.9. The van der Waals surface area contributed by atoms with Crippen LogP contribution in [0, 0.1) is 18.6 Å². The number of aromatic nitrogens is 2. The van der Waals surface area contributed by atoms with Crippen molar-refractivity contribution >= 4 is 33.5 Å². The number of fused-ring (bicyclic) bond motifs is 2. The molecule has 10 heteroatoms. The molecule has 4 aromatic rings. The monoisotopic (exact) mass is 605 g/mol. The number of hydrogen-bond acceptors (Lipinski definition) is 4. The minimum absolute atomic E-state index is 0. The summed E-state index contributed by atoms with van der Waals surface area (Å²) in [5.41, 5.74) is 3.34. The standard InChI is InChI=1S/C14H16FNO.C12H13FN2O2.C4H8O.C4H9.Li/c1-2-3-4-12(17)7-10-9-16-14-6-5-11(15)8-13(10)14;1-15(17-2)12(16)5-8-7-14-11-4-3-9(13)6-10(8)11;1-2-4-5-3-1;1-3-4-2;/h5-6,8-9,16H,2-4,7H2,1H3;3-4,6-7,14H,5H2,1-2H3;1-4H2;1,3-4H2,2H3;/q;;;-1;+1. The first-order chi connectivity index (χ1) is 20.7. The molecule has 44 heavy (non-hydrogen) atoms. The van der Waals surface area contributed by atoms with Gasteiger partial charge in [-0.2, -0.15) is 6.42 Å². The topological polar surface area (TPSA) is 87.4 Å². The number of carbonyl (C=O) groups excluding carboxylic acids is 2. The molecule has 2 N–H and O–H groups in total. The summed E-state index contributed by atoms with van der Waals surface area (Å²) in [5, 5.41) is 2.69. The molecule has 0 radical (unpaired) electrons. The van der Waals surface area contributed by atoms with E-state index in [1.54, 1.807) is 24.5 Å².